The summed E-state index contributed by atoms with van der Waals surface area (Å²) in [7, 11) is 0. The van der Waals surface area contributed by atoms with Gasteiger partial charge in [-0.3, -0.25) is 0 Å². The third-order valence-corrected chi connectivity index (χ3v) is 5.10. The van der Waals surface area contributed by atoms with E-state index in [-0.39, 0.29) is 0 Å². The molecular formula is C21H44. The van der Waals surface area contributed by atoms with Gasteiger partial charge >= 0.3 is 0 Å². The zero-order valence-corrected chi connectivity index (χ0v) is 15.9. The van der Waals surface area contributed by atoms with E-state index in [2.05, 4.69) is 34.6 Å². The van der Waals surface area contributed by atoms with Gasteiger partial charge in [0.1, 0.15) is 0 Å². The quantitative estimate of drug-likeness (QED) is 0.268. The minimum atomic E-state index is 0.879. The molecule has 0 aliphatic heterocycles. The molecule has 0 rings (SSSR count). The highest BCUT2D eigenvalue weighted by atomic mass is 14.2. The molecule has 0 aromatic rings. The molecule has 0 aliphatic carbocycles. The number of rotatable bonds is 15. The summed E-state index contributed by atoms with van der Waals surface area (Å²) in [5, 5.41) is 0. The topological polar surface area (TPSA) is 0 Å². The molecule has 0 bridgehead atoms. The van der Waals surface area contributed by atoms with Crippen molar-refractivity contribution < 1.29 is 0 Å². The fourth-order valence-corrected chi connectivity index (χ4v) is 3.46. The molecule has 0 spiro atoms. The molecule has 2 atom stereocenters. The summed E-state index contributed by atoms with van der Waals surface area (Å²) < 4.78 is 0. The first-order valence-corrected chi connectivity index (χ1v) is 10.1. The lowest BCUT2D eigenvalue weighted by Gasteiger charge is -2.24. The lowest BCUT2D eigenvalue weighted by molar-refractivity contribution is 0.272. The molecule has 0 nitrogen and oxygen atoms in total. The highest BCUT2D eigenvalue weighted by Gasteiger charge is 2.16. The molecule has 0 saturated heterocycles. The predicted octanol–water partition coefficient (Wildman–Crippen LogP) is 8.01. The first kappa shape index (κ1) is 21.0. The Kier molecular flexibility index (Phi) is 14.9. The maximum absolute atomic E-state index is 2.53. The largest absolute Gasteiger partial charge is 0.0654 e. The first-order valence-electron chi connectivity index (χ1n) is 10.1. The van der Waals surface area contributed by atoms with E-state index in [1.807, 2.05) is 0 Å². The standard InChI is InChI=1S/C21H44/c1-6-8-10-11-13-18-21(17-12-9-7-2)20(5)16-14-15-19(3)4/h19-21H,6-18H2,1-5H3. The second-order valence-corrected chi connectivity index (χ2v) is 7.76. The van der Waals surface area contributed by atoms with Crippen LogP contribution in [0, 0.1) is 17.8 Å². The average Bonchev–Trinajstić information content (AvgIpc) is 2.44. The van der Waals surface area contributed by atoms with Gasteiger partial charge in [0.25, 0.3) is 0 Å². The van der Waals surface area contributed by atoms with Crippen LogP contribution < -0.4 is 0 Å². The maximum atomic E-state index is 2.53. The van der Waals surface area contributed by atoms with Crippen LogP contribution in [0.2, 0.25) is 0 Å². The Morgan fingerprint density at radius 2 is 1.05 bits per heavy atom. The zero-order valence-electron chi connectivity index (χ0n) is 15.9. The van der Waals surface area contributed by atoms with Crippen LogP contribution in [0.5, 0.6) is 0 Å². The summed E-state index contributed by atoms with van der Waals surface area (Å²) >= 11 is 0. The van der Waals surface area contributed by atoms with Crippen molar-refractivity contribution in [3.05, 3.63) is 0 Å². The van der Waals surface area contributed by atoms with E-state index in [1.54, 1.807) is 0 Å². The van der Waals surface area contributed by atoms with Crippen LogP contribution in [0.4, 0.5) is 0 Å². The number of hydrogen-bond donors (Lipinski definition) is 0. The van der Waals surface area contributed by atoms with E-state index in [1.165, 1.54) is 83.5 Å². The van der Waals surface area contributed by atoms with Gasteiger partial charge in [0.05, 0.1) is 0 Å². The Hall–Kier alpha value is 0. The van der Waals surface area contributed by atoms with E-state index in [0.29, 0.717) is 0 Å². The van der Waals surface area contributed by atoms with Crippen molar-refractivity contribution in [3.8, 4) is 0 Å². The van der Waals surface area contributed by atoms with Crippen molar-refractivity contribution >= 4 is 0 Å². The van der Waals surface area contributed by atoms with E-state index < -0.39 is 0 Å². The van der Waals surface area contributed by atoms with Gasteiger partial charge in [-0.1, -0.05) is 118 Å². The van der Waals surface area contributed by atoms with Gasteiger partial charge in [-0.2, -0.15) is 0 Å². The Labute approximate surface area is 136 Å². The van der Waals surface area contributed by atoms with E-state index in [9.17, 15) is 0 Å². The summed E-state index contributed by atoms with van der Waals surface area (Å²) in [6, 6.07) is 0. The summed E-state index contributed by atoms with van der Waals surface area (Å²) in [6.45, 7) is 11.9. The first-order chi connectivity index (χ1) is 10.1. The zero-order chi connectivity index (χ0) is 15.9. The molecule has 21 heavy (non-hydrogen) atoms. The van der Waals surface area contributed by atoms with Crippen molar-refractivity contribution in [1.82, 2.24) is 0 Å². The third kappa shape index (κ3) is 13.4. The fourth-order valence-electron chi connectivity index (χ4n) is 3.46. The smallest absolute Gasteiger partial charge is 0.0388 e. The van der Waals surface area contributed by atoms with Crippen molar-refractivity contribution in [1.29, 1.82) is 0 Å². The molecular weight excluding hydrogens is 252 g/mol. The minimum Gasteiger partial charge on any atom is -0.0654 e. The molecule has 0 heterocycles. The van der Waals surface area contributed by atoms with Gasteiger partial charge in [0.2, 0.25) is 0 Å². The highest BCUT2D eigenvalue weighted by Crippen LogP contribution is 2.29. The molecule has 0 amide bonds. The Morgan fingerprint density at radius 1 is 0.524 bits per heavy atom. The van der Waals surface area contributed by atoms with Gasteiger partial charge in [0.15, 0.2) is 0 Å². The average molecular weight is 297 g/mol. The van der Waals surface area contributed by atoms with E-state index in [4.69, 9.17) is 0 Å². The molecule has 0 radical (unpaired) electrons. The van der Waals surface area contributed by atoms with Gasteiger partial charge < -0.3 is 0 Å². The fraction of sp³-hybridized carbons (Fsp3) is 1.00. The second kappa shape index (κ2) is 14.9. The minimum absolute atomic E-state index is 0.879. The van der Waals surface area contributed by atoms with Crippen LogP contribution >= 0.6 is 0 Å². The lowest BCUT2D eigenvalue weighted by Crippen LogP contribution is -2.12. The van der Waals surface area contributed by atoms with Crippen LogP contribution in [0.1, 0.15) is 118 Å². The summed E-state index contributed by atoms with van der Waals surface area (Å²) in [6.07, 6.45) is 18.8. The maximum Gasteiger partial charge on any atom is -0.0388 e. The molecule has 2 unspecified atom stereocenters. The molecule has 128 valence electrons. The van der Waals surface area contributed by atoms with Crippen molar-refractivity contribution in [2.24, 2.45) is 17.8 Å². The molecule has 0 fully saturated rings. The van der Waals surface area contributed by atoms with E-state index in [0.717, 1.165) is 17.8 Å². The van der Waals surface area contributed by atoms with Crippen LogP contribution in [-0.4, -0.2) is 0 Å². The SMILES string of the molecule is CCCCCCCC(CCCCC)C(C)CCCC(C)C. The molecule has 0 aromatic heterocycles. The number of unbranched alkanes of at least 4 members (excludes halogenated alkanes) is 6. The monoisotopic (exact) mass is 296 g/mol. The summed E-state index contributed by atoms with van der Waals surface area (Å²) in [4.78, 5) is 0. The van der Waals surface area contributed by atoms with Gasteiger partial charge in [0, 0.05) is 0 Å². The Balaban J connectivity index is 3.97. The third-order valence-electron chi connectivity index (χ3n) is 5.10. The van der Waals surface area contributed by atoms with E-state index >= 15 is 0 Å². The number of hydrogen-bond acceptors (Lipinski definition) is 0. The van der Waals surface area contributed by atoms with Gasteiger partial charge in [-0.15, -0.1) is 0 Å². The van der Waals surface area contributed by atoms with Crippen LogP contribution in [-0.2, 0) is 0 Å². The second-order valence-electron chi connectivity index (χ2n) is 7.76. The normalized spacial score (nSPS) is 14.6. The molecule has 0 N–H and O–H groups in total. The summed E-state index contributed by atoms with van der Waals surface area (Å²) in [5.74, 6) is 2.84. The Morgan fingerprint density at radius 3 is 1.62 bits per heavy atom. The molecule has 0 aliphatic rings. The molecule has 0 heteroatoms. The lowest BCUT2D eigenvalue weighted by atomic mass is 9.81. The van der Waals surface area contributed by atoms with Crippen molar-refractivity contribution in [2.45, 2.75) is 118 Å². The van der Waals surface area contributed by atoms with Crippen LogP contribution in [0.25, 0.3) is 0 Å². The predicted molar refractivity (Wildman–Crippen MR) is 98.9 cm³/mol. The highest BCUT2D eigenvalue weighted by molar-refractivity contribution is 4.68. The van der Waals surface area contributed by atoms with Crippen LogP contribution in [0.15, 0.2) is 0 Å². The van der Waals surface area contributed by atoms with Gasteiger partial charge in [-0.05, 0) is 17.8 Å². The Bertz CT molecular complexity index is 194. The van der Waals surface area contributed by atoms with Crippen molar-refractivity contribution in [2.75, 3.05) is 0 Å². The summed E-state index contributed by atoms with van der Waals surface area (Å²) in [5.41, 5.74) is 0. The van der Waals surface area contributed by atoms with Crippen molar-refractivity contribution in [3.63, 3.8) is 0 Å². The molecule has 0 saturated carbocycles. The van der Waals surface area contributed by atoms with Gasteiger partial charge in [-0.25, -0.2) is 0 Å². The van der Waals surface area contributed by atoms with Crippen LogP contribution in [0.3, 0.4) is 0 Å². The molecule has 0 aromatic carbocycles.